The summed E-state index contributed by atoms with van der Waals surface area (Å²) in [6.45, 7) is 5.67. The molecule has 0 unspecified atom stereocenters. The SMILES string of the molecule is CCC(C)(C)C(=O)Nc1cccc(C(=O)Nc2cccc(F)c2)c1. The summed E-state index contributed by atoms with van der Waals surface area (Å²) in [6.07, 6.45) is 0.707. The molecular formula is C19H21FN2O2. The molecule has 2 amide bonds. The van der Waals surface area contributed by atoms with Crippen LogP contribution in [0.15, 0.2) is 48.5 Å². The smallest absolute Gasteiger partial charge is 0.255 e. The Labute approximate surface area is 141 Å². The van der Waals surface area contributed by atoms with Gasteiger partial charge in [-0.25, -0.2) is 4.39 Å². The third kappa shape index (κ3) is 4.41. The molecule has 0 aliphatic rings. The van der Waals surface area contributed by atoms with Crippen molar-refractivity contribution in [2.24, 2.45) is 5.41 Å². The van der Waals surface area contributed by atoms with E-state index in [4.69, 9.17) is 0 Å². The van der Waals surface area contributed by atoms with Crippen molar-refractivity contribution in [3.8, 4) is 0 Å². The molecule has 0 aromatic heterocycles. The minimum atomic E-state index is -0.486. The van der Waals surface area contributed by atoms with Crippen LogP contribution < -0.4 is 10.6 Å². The summed E-state index contributed by atoms with van der Waals surface area (Å²) in [5.74, 6) is -0.894. The van der Waals surface area contributed by atoms with E-state index in [0.717, 1.165) is 0 Å². The number of carbonyl (C=O) groups excluding carboxylic acids is 2. The van der Waals surface area contributed by atoms with Gasteiger partial charge in [-0.05, 0) is 42.8 Å². The Hall–Kier alpha value is -2.69. The molecule has 0 bridgehead atoms. The van der Waals surface area contributed by atoms with Gasteiger partial charge >= 0.3 is 0 Å². The quantitative estimate of drug-likeness (QED) is 0.852. The van der Waals surface area contributed by atoms with E-state index in [1.165, 1.54) is 18.2 Å². The Bertz CT molecular complexity index is 757. The van der Waals surface area contributed by atoms with Gasteiger partial charge in [-0.3, -0.25) is 9.59 Å². The molecule has 0 radical (unpaired) electrons. The lowest BCUT2D eigenvalue weighted by atomic mass is 9.89. The van der Waals surface area contributed by atoms with E-state index in [1.807, 2.05) is 20.8 Å². The number of hydrogen-bond acceptors (Lipinski definition) is 2. The number of halogens is 1. The molecule has 24 heavy (non-hydrogen) atoms. The fourth-order valence-corrected chi connectivity index (χ4v) is 1.97. The van der Waals surface area contributed by atoms with Gasteiger partial charge in [-0.2, -0.15) is 0 Å². The highest BCUT2D eigenvalue weighted by Gasteiger charge is 2.25. The minimum absolute atomic E-state index is 0.104. The summed E-state index contributed by atoms with van der Waals surface area (Å²) >= 11 is 0. The first-order valence-electron chi connectivity index (χ1n) is 7.80. The Morgan fingerprint density at radius 3 is 2.25 bits per heavy atom. The first-order valence-corrected chi connectivity index (χ1v) is 7.80. The van der Waals surface area contributed by atoms with Gasteiger partial charge in [0.25, 0.3) is 5.91 Å². The van der Waals surface area contributed by atoms with Gasteiger partial charge < -0.3 is 10.6 Å². The van der Waals surface area contributed by atoms with Crippen molar-refractivity contribution < 1.29 is 14.0 Å². The van der Waals surface area contributed by atoms with Crippen LogP contribution in [0.25, 0.3) is 0 Å². The molecule has 0 fully saturated rings. The molecule has 0 spiro atoms. The molecule has 0 aliphatic heterocycles. The number of benzene rings is 2. The maximum atomic E-state index is 13.2. The molecule has 0 saturated carbocycles. The number of anilines is 2. The van der Waals surface area contributed by atoms with Gasteiger partial charge in [-0.15, -0.1) is 0 Å². The predicted octanol–water partition coefficient (Wildman–Crippen LogP) is 4.45. The van der Waals surface area contributed by atoms with Gasteiger partial charge in [0.15, 0.2) is 0 Å². The molecule has 0 aliphatic carbocycles. The monoisotopic (exact) mass is 328 g/mol. The largest absolute Gasteiger partial charge is 0.326 e. The molecule has 5 heteroatoms. The standard InChI is InChI=1S/C19H21FN2O2/c1-4-19(2,3)18(24)22-15-9-5-7-13(11-15)17(23)21-16-10-6-8-14(20)12-16/h5-12H,4H2,1-3H3,(H,21,23)(H,22,24). The Kier molecular flexibility index (Phi) is 5.34. The summed E-state index contributed by atoms with van der Waals surface area (Å²) in [5, 5.41) is 5.45. The molecular weight excluding hydrogens is 307 g/mol. The van der Waals surface area contributed by atoms with Crippen LogP contribution in [0, 0.1) is 11.2 Å². The lowest BCUT2D eigenvalue weighted by Gasteiger charge is -2.21. The summed E-state index contributed by atoms with van der Waals surface area (Å²) in [5.41, 5.74) is 0.821. The normalized spacial score (nSPS) is 11.0. The maximum absolute atomic E-state index is 13.2. The van der Waals surface area contributed by atoms with Crippen LogP contribution in [0.2, 0.25) is 0 Å². The zero-order chi connectivity index (χ0) is 17.7. The Balaban J connectivity index is 2.12. The molecule has 0 heterocycles. The molecule has 0 saturated heterocycles. The second kappa shape index (κ2) is 7.25. The van der Waals surface area contributed by atoms with E-state index in [1.54, 1.807) is 30.3 Å². The Morgan fingerprint density at radius 1 is 1.00 bits per heavy atom. The van der Waals surface area contributed by atoms with Crippen LogP contribution in [0.3, 0.4) is 0 Å². The van der Waals surface area contributed by atoms with Crippen molar-refractivity contribution in [2.45, 2.75) is 27.2 Å². The second-order valence-electron chi connectivity index (χ2n) is 6.24. The molecule has 126 valence electrons. The van der Waals surface area contributed by atoms with Crippen molar-refractivity contribution in [3.05, 3.63) is 59.9 Å². The molecule has 2 aromatic carbocycles. The third-order valence-electron chi connectivity index (χ3n) is 3.96. The fraction of sp³-hybridized carbons (Fsp3) is 0.263. The maximum Gasteiger partial charge on any atom is 0.255 e. The van der Waals surface area contributed by atoms with Crippen molar-refractivity contribution >= 4 is 23.2 Å². The zero-order valence-electron chi connectivity index (χ0n) is 14.0. The van der Waals surface area contributed by atoms with Crippen LogP contribution in [-0.4, -0.2) is 11.8 Å². The molecule has 2 rings (SSSR count). The highest BCUT2D eigenvalue weighted by atomic mass is 19.1. The van der Waals surface area contributed by atoms with Crippen molar-refractivity contribution in [3.63, 3.8) is 0 Å². The van der Waals surface area contributed by atoms with Crippen molar-refractivity contribution in [1.82, 2.24) is 0 Å². The number of hydrogen-bond donors (Lipinski definition) is 2. The first-order chi connectivity index (χ1) is 11.3. The molecule has 2 aromatic rings. The van der Waals surface area contributed by atoms with Gasteiger partial charge in [0.05, 0.1) is 0 Å². The number of rotatable bonds is 5. The molecule has 0 atom stereocenters. The first kappa shape index (κ1) is 17.7. The zero-order valence-corrected chi connectivity index (χ0v) is 14.0. The number of carbonyl (C=O) groups is 2. The van der Waals surface area contributed by atoms with Gasteiger partial charge in [0.1, 0.15) is 5.82 Å². The second-order valence-corrected chi connectivity index (χ2v) is 6.24. The van der Waals surface area contributed by atoms with Gasteiger partial charge in [-0.1, -0.05) is 32.9 Å². The average Bonchev–Trinajstić information content (AvgIpc) is 2.55. The fourth-order valence-electron chi connectivity index (χ4n) is 1.97. The highest BCUT2D eigenvalue weighted by Crippen LogP contribution is 2.23. The number of nitrogens with one attached hydrogen (secondary N) is 2. The van der Waals surface area contributed by atoms with E-state index in [9.17, 15) is 14.0 Å². The summed E-state index contributed by atoms with van der Waals surface area (Å²) < 4.78 is 13.2. The average molecular weight is 328 g/mol. The van der Waals surface area contributed by atoms with E-state index in [2.05, 4.69) is 10.6 Å². The van der Waals surface area contributed by atoms with Crippen LogP contribution >= 0.6 is 0 Å². The van der Waals surface area contributed by atoms with E-state index in [-0.39, 0.29) is 11.8 Å². The third-order valence-corrected chi connectivity index (χ3v) is 3.96. The minimum Gasteiger partial charge on any atom is -0.326 e. The molecule has 2 N–H and O–H groups in total. The van der Waals surface area contributed by atoms with Crippen molar-refractivity contribution in [2.75, 3.05) is 10.6 Å². The lowest BCUT2D eigenvalue weighted by molar-refractivity contribution is -0.124. The summed E-state index contributed by atoms with van der Waals surface area (Å²) in [4.78, 5) is 24.5. The summed E-state index contributed by atoms with van der Waals surface area (Å²) in [6, 6.07) is 12.3. The van der Waals surface area contributed by atoms with Crippen LogP contribution in [-0.2, 0) is 4.79 Å². The Morgan fingerprint density at radius 2 is 1.62 bits per heavy atom. The molecule has 4 nitrogen and oxygen atoms in total. The van der Waals surface area contributed by atoms with Crippen LogP contribution in [0.1, 0.15) is 37.6 Å². The highest BCUT2D eigenvalue weighted by molar-refractivity contribution is 6.05. The van der Waals surface area contributed by atoms with E-state index >= 15 is 0 Å². The summed E-state index contributed by atoms with van der Waals surface area (Å²) in [7, 11) is 0. The lowest BCUT2D eigenvalue weighted by Crippen LogP contribution is -2.30. The van der Waals surface area contributed by atoms with Crippen LogP contribution in [0.5, 0.6) is 0 Å². The van der Waals surface area contributed by atoms with Crippen LogP contribution in [0.4, 0.5) is 15.8 Å². The predicted molar refractivity (Wildman–Crippen MR) is 93.5 cm³/mol. The topological polar surface area (TPSA) is 58.2 Å². The van der Waals surface area contributed by atoms with Gasteiger partial charge in [0.2, 0.25) is 5.91 Å². The van der Waals surface area contributed by atoms with Gasteiger partial charge in [0, 0.05) is 22.4 Å². The number of amides is 2. The van der Waals surface area contributed by atoms with Crippen molar-refractivity contribution in [1.29, 1.82) is 0 Å². The van der Waals surface area contributed by atoms with E-state index < -0.39 is 11.2 Å². The van der Waals surface area contributed by atoms with E-state index in [0.29, 0.717) is 23.4 Å².